The summed E-state index contributed by atoms with van der Waals surface area (Å²) in [5.74, 6) is 1.31. The van der Waals surface area contributed by atoms with E-state index in [1.54, 1.807) is 25.1 Å². The zero-order valence-corrected chi connectivity index (χ0v) is 25.7. The van der Waals surface area contributed by atoms with Gasteiger partial charge in [-0.3, -0.25) is 4.90 Å². The molecule has 1 aromatic heterocycles. The van der Waals surface area contributed by atoms with Crippen LogP contribution in [0, 0.1) is 12.3 Å². The highest BCUT2D eigenvalue weighted by atomic mass is 35.5. The molecule has 13 heteroatoms. The third-order valence-corrected chi connectivity index (χ3v) is 7.83. The van der Waals surface area contributed by atoms with Gasteiger partial charge in [0.25, 0.3) is 0 Å². The second-order valence-corrected chi connectivity index (χ2v) is 11.8. The Hall–Kier alpha value is -3.38. The number of nitrogens with zero attached hydrogens (tertiary/aromatic N) is 4. The molecular weight excluding hydrogens is 587 g/mol. The summed E-state index contributed by atoms with van der Waals surface area (Å²) < 4.78 is 49.9. The molecule has 1 aromatic carbocycles. The number of carbonyl (C=O) groups is 1. The normalized spacial score (nSPS) is 16.9. The number of allylic oxidation sites excluding steroid dienone is 2. The molecule has 234 valence electrons. The third-order valence-electron chi connectivity index (χ3n) is 7.50. The van der Waals surface area contributed by atoms with Crippen LogP contribution in [0.25, 0.3) is 17.0 Å². The lowest BCUT2D eigenvalue weighted by Gasteiger charge is -2.53. The molecule has 2 N–H and O–H groups in total. The first-order valence-electron chi connectivity index (χ1n) is 14.2. The molecule has 1 amide bonds. The predicted octanol–water partition coefficient (Wildman–Crippen LogP) is 6.44. The summed E-state index contributed by atoms with van der Waals surface area (Å²) >= 11 is 6.62. The lowest BCUT2D eigenvalue weighted by molar-refractivity contribution is -0.155. The quantitative estimate of drug-likeness (QED) is 0.293. The van der Waals surface area contributed by atoms with Crippen molar-refractivity contribution in [1.29, 1.82) is 5.41 Å². The number of hydrogen-bond acceptors (Lipinski definition) is 8. The van der Waals surface area contributed by atoms with Gasteiger partial charge in [0.05, 0.1) is 29.9 Å². The van der Waals surface area contributed by atoms with E-state index in [2.05, 4.69) is 0 Å². The van der Waals surface area contributed by atoms with Gasteiger partial charge in [-0.15, -0.1) is 0 Å². The van der Waals surface area contributed by atoms with Gasteiger partial charge < -0.3 is 24.9 Å². The Balaban J connectivity index is 1.68. The number of amides is 1. The SMILES string of the molecule is CCC[C@@H](O)COc1ccc(Cl)c(-c2nc(C(C(C)=N)=C(C)C)c(C)c(N3CC4(CCN(CC(F)(F)F)C(=O)O4)C3)n2)c1. The number of aliphatic hydroxyl groups excluding tert-OH is 1. The molecule has 0 unspecified atom stereocenters. The monoisotopic (exact) mass is 623 g/mol. The molecular formula is C30H37ClF3N5O4. The number of rotatable bonds is 10. The van der Waals surface area contributed by atoms with E-state index in [1.807, 2.05) is 32.6 Å². The van der Waals surface area contributed by atoms with Crippen molar-refractivity contribution in [3.63, 3.8) is 0 Å². The van der Waals surface area contributed by atoms with Crippen LogP contribution < -0.4 is 9.64 Å². The molecule has 2 aliphatic heterocycles. The predicted molar refractivity (Wildman–Crippen MR) is 159 cm³/mol. The van der Waals surface area contributed by atoms with Gasteiger partial charge in [-0.05, 0) is 52.3 Å². The van der Waals surface area contributed by atoms with Crippen LogP contribution in [0.3, 0.4) is 0 Å². The summed E-state index contributed by atoms with van der Waals surface area (Å²) in [6, 6.07) is 5.06. The van der Waals surface area contributed by atoms with Gasteiger partial charge in [-0.1, -0.05) is 30.5 Å². The molecule has 3 heterocycles. The molecule has 1 spiro atoms. The van der Waals surface area contributed by atoms with Gasteiger partial charge >= 0.3 is 12.3 Å². The van der Waals surface area contributed by atoms with E-state index in [0.29, 0.717) is 56.0 Å². The number of carbonyl (C=O) groups excluding carboxylic acids is 1. The minimum absolute atomic E-state index is 0.0598. The number of hydrogen-bond donors (Lipinski definition) is 2. The van der Waals surface area contributed by atoms with Gasteiger partial charge in [0, 0.05) is 35.4 Å². The smallest absolute Gasteiger partial charge is 0.410 e. The molecule has 1 atom stereocenters. The largest absolute Gasteiger partial charge is 0.491 e. The first-order chi connectivity index (χ1) is 20.1. The molecule has 43 heavy (non-hydrogen) atoms. The number of halogens is 4. The lowest BCUT2D eigenvalue weighted by Crippen LogP contribution is -2.68. The van der Waals surface area contributed by atoms with Crippen LogP contribution in [0.1, 0.15) is 58.2 Å². The lowest BCUT2D eigenvalue weighted by atomic mass is 9.88. The third kappa shape index (κ3) is 7.41. The number of aromatic nitrogens is 2. The van der Waals surface area contributed by atoms with E-state index >= 15 is 0 Å². The Bertz CT molecular complexity index is 1420. The van der Waals surface area contributed by atoms with Crippen LogP contribution in [-0.2, 0) is 4.74 Å². The van der Waals surface area contributed by atoms with Crippen molar-refractivity contribution >= 4 is 34.8 Å². The highest BCUT2D eigenvalue weighted by Crippen LogP contribution is 2.40. The molecule has 2 aliphatic rings. The fraction of sp³-hybridized carbons (Fsp3) is 0.533. The van der Waals surface area contributed by atoms with Crippen molar-refractivity contribution in [3.05, 3.63) is 40.1 Å². The summed E-state index contributed by atoms with van der Waals surface area (Å²) in [5.41, 5.74) is 2.67. The Labute approximate surface area is 254 Å². The van der Waals surface area contributed by atoms with Gasteiger partial charge in [0.2, 0.25) is 0 Å². The van der Waals surface area contributed by atoms with Crippen LogP contribution in [-0.4, -0.2) is 82.4 Å². The standard InChI is InChI=1S/C30H37ClF3N5O4/c1-6-7-20(40)13-42-21-8-9-23(31)22(12-21)26-36-25(24(17(2)3)19(5)35)18(4)27(37-26)39-14-29(15-39)10-11-38(28(41)43-29)16-30(32,33)34/h8-9,12,20,35,40H,6-7,10-11,13-16H2,1-5H3/t20-/m1/s1. The zero-order chi connectivity index (χ0) is 31.7. The number of alkyl halides is 3. The van der Waals surface area contributed by atoms with Crippen LogP contribution in [0.4, 0.5) is 23.8 Å². The van der Waals surface area contributed by atoms with Crippen LogP contribution in [0.15, 0.2) is 23.8 Å². The fourth-order valence-corrected chi connectivity index (χ4v) is 5.66. The summed E-state index contributed by atoms with van der Waals surface area (Å²) in [7, 11) is 0. The van der Waals surface area contributed by atoms with Crippen LogP contribution in [0.5, 0.6) is 5.75 Å². The number of ether oxygens (including phenoxy) is 2. The summed E-state index contributed by atoms with van der Waals surface area (Å²) in [4.78, 5) is 24.7. The molecule has 4 rings (SSSR count). The van der Waals surface area contributed by atoms with Crippen molar-refractivity contribution in [2.75, 3.05) is 37.7 Å². The summed E-state index contributed by atoms with van der Waals surface area (Å²) in [6.45, 7) is 8.49. The molecule has 9 nitrogen and oxygen atoms in total. The second-order valence-electron chi connectivity index (χ2n) is 11.4. The van der Waals surface area contributed by atoms with Gasteiger partial charge in [0.1, 0.15) is 24.7 Å². The number of nitrogens with one attached hydrogen (secondary N) is 1. The Morgan fingerprint density at radius 2 is 1.95 bits per heavy atom. The summed E-state index contributed by atoms with van der Waals surface area (Å²) in [5, 5.41) is 18.9. The topological polar surface area (TPSA) is 112 Å². The van der Waals surface area contributed by atoms with Crippen molar-refractivity contribution in [2.24, 2.45) is 0 Å². The highest BCUT2D eigenvalue weighted by Gasteiger charge is 2.52. The van der Waals surface area contributed by atoms with E-state index in [4.69, 9.17) is 36.5 Å². The number of anilines is 1. The van der Waals surface area contributed by atoms with Gasteiger partial charge in [-0.2, -0.15) is 13.2 Å². The molecule has 0 saturated carbocycles. The second kappa shape index (κ2) is 12.7. The van der Waals surface area contributed by atoms with E-state index in [-0.39, 0.29) is 38.5 Å². The summed E-state index contributed by atoms with van der Waals surface area (Å²) in [6.07, 6.45) is -4.42. The maximum atomic E-state index is 12.9. The van der Waals surface area contributed by atoms with Gasteiger partial charge in [0.15, 0.2) is 11.4 Å². The maximum Gasteiger partial charge on any atom is 0.410 e. The molecule has 2 fully saturated rings. The molecule has 2 saturated heterocycles. The number of benzene rings is 1. The average Bonchev–Trinajstić information content (AvgIpc) is 2.88. The first-order valence-corrected chi connectivity index (χ1v) is 14.5. The molecule has 0 radical (unpaired) electrons. The van der Waals surface area contributed by atoms with Crippen LogP contribution in [0.2, 0.25) is 5.02 Å². The van der Waals surface area contributed by atoms with Crippen molar-refractivity contribution in [2.45, 2.75) is 71.8 Å². The van der Waals surface area contributed by atoms with E-state index in [0.717, 1.165) is 12.0 Å². The maximum absolute atomic E-state index is 12.9. The molecule has 0 bridgehead atoms. The molecule has 0 aliphatic carbocycles. The van der Waals surface area contributed by atoms with Crippen molar-refractivity contribution in [3.8, 4) is 17.1 Å². The minimum Gasteiger partial charge on any atom is -0.491 e. The Morgan fingerprint density at radius 1 is 1.26 bits per heavy atom. The van der Waals surface area contributed by atoms with Gasteiger partial charge in [-0.25, -0.2) is 14.8 Å². The van der Waals surface area contributed by atoms with E-state index < -0.39 is 30.5 Å². The minimum atomic E-state index is -4.51. The van der Waals surface area contributed by atoms with Crippen molar-refractivity contribution < 1.29 is 32.5 Å². The first kappa shape index (κ1) is 32.5. The van der Waals surface area contributed by atoms with Crippen LogP contribution >= 0.6 is 11.6 Å². The zero-order valence-electron chi connectivity index (χ0n) is 24.9. The van der Waals surface area contributed by atoms with E-state index in [9.17, 15) is 23.1 Å². The fourth-order valence-electron chi connectivity index (χ4n) is 5.45. The highest BCUT2D eigenvalue weighted by molar-refractivity contribution is 6.33. The Morgan fingerprint density at radius 3 is 2.53 bits per heavy atom. The molecule has 2 aromatic rings. The van der Waals surface area contributed by atoms with E-state index in [1.165, 1.54) is 0 Å². The van der Waals surface area contributed by atoms with Crippen molar-refractivity contribution in [1.82, 2.24) is 14.9 Å². The number of aliphatic hydroxyl groups is 1. The Kier molecular flexibility index (Phi) is 9.60. The average molecular weight is 624 g/mol.